The predicted octanol–water partition coefficient (Wildman–Crippen LogP) is 2.78. The van der Waals surface area contributed by atoms with E-state index < -0.39 is 0 Å². The van der Waals surface area contributed by atoms with Gasteiger partial charge in [0.1, 0.15) is 5.75 Å². The third-order valence-corrected chi connectivity index (χ3v) is 2.81. The number of aromatic hydroxyl groups is 1. The van der Waals surface area contributed by atoms with Crippen LogP contribution in [0.5, 0.6) is 5.75 Å². The minimum atomic E-state index is 0.284. The normalized spacial score (nSPS) is 11.2. The molecule has 0 bridgehead atoms. The first-order valence-electron chi connectivity index (χ1n) is 5.97. The van der Waals surface area contributed by atoms with Gasteiger partial charge in [-0.1, -0.05) is 25.1 Å². The summed E-state index contributed by atoms with van der Waals surface area (Å²) < 4.78 is 0. The standard InChI is InChI=1S/C14H18N2O/c1-3-8-16(2)10-13-14(17)9-11-6-4-5-7-12(11)15-13/h4-7,9,17H,3,8,10H2,1-2H3. The lowest BCUT2D eigenvalue weighted by Crippen LogP contribution is -2.19. The zero-order valence-corrected chi connectivity index (χ0v) is 10.3. The fraction of sp³-hybridized carbons (Fsp3) is 0.357. The first-order chi connectivity index (χ1) is 8.20. The van der Waals surface area contributed by atoms with Crippen LogP contribution < -0.4 is 0 Å². The highest BCUT2D eigenvalue weighted by molar-refractivity contribution is 5.80. The van der Waals surface area contributed by atoms with Gasteiger partial charge in [0.2, 0.25) is 0 Å². The summed E-state index contributed by atoms with van der Waals surface area (Å²) in [6.07, 6.45) is 1.10. The van der Waals surface area contributed by atoms with Crippen molar-refractivity contribution in [2.45, 2.75) is 19.9 Å². The van der Waals surface area contributed by atoms with Gasteiger partial charge in [-0.15, -0.1) is 0 Å². The zero-order valence-electron chi connectivity index (χ0n) is 10.3. The van der Waals surface area contributed by atoms with Crippen molar-refractivity contribution in [3.05, 3.63) is 36.0 Å². The van der Waals surface area contributed by atoms with Gasteiger partial charge in [0.25, 0.3) is 0 Å². The highest BCUT2D eigenvalue weighted by atomic mass is 16.3. The molecule has 0 unspecified atom stereocenters. The molecule has 3 heteroatoms. The van der Waals surface area contributed by atoms with E-state index in [1.54, 1.807) is 6.07 Å². The summed E-state index contributed by atoms with van der Waals surface area (Å²) in [5.74, 6) is 0.284. The summed E-state index contributed by atoms with van der Waals surface area (Å²) in [5, 5.41) is 10.9. The first-order valence-corrected chi connectivity index (χ1v) is 5.97. The van der Waals surface area contributed by atoms with E-state index in [9.17, 15) is 5.11 Å². The Hall–Kier alpha value is -1.61. The van der Waals surface area contributed by atoms with E-state index in [0.717, 1.165) is 29.6 Å². The Balaban J connectivity index is 2.31. The smallest absolute Gasteiger partial charge is 0.139 e. The summed E-state index contributed by atoms with van der Waals surface area (Å²) >= 11 is 0. The fourth-order valence-electron chi connectivity index (χ4n) is 1.98. The second-order valence-corrected chi connectivity index (χ2v) is 4.38. The Bertz CT molecular complexity index is 511. The van der Waals surface area contributed by atoms with E-state index in [2.05, 4.69) is 16.8 Å². The van der Waals surface area contributed by atoms with Crippen molar-refractivity contribution in [1.29, 1.82) is 0 Å². The third-order valence-electron chi connectivity index (χ3n) is 2.81. The molecule has 0 saturated heterocycles. The number of hydrogen-bond acceptors (Lipinski definition) is 3. The fourth-order valence-corrected chi connectivity index (χ4v) is 1.98. The maximum absolute atomic E-state index is 9.94. The van der Waals surface area contributed by atoms with Gasteiger partial charge in [-0.25, -0.2) is 4.98 Å². The number of hydrogen-bond donors (Lipinski definition) is 1. The molecular formula is C14H18N2O. The highest BCUT2D eigenvalue weighted by Crippen LogP contribution is 2.22. The molecule has 0 saturated carbocycles. The van der Waals surface area contributed by atoms with Crippen LogP contribution in [-0.4, -0.2) is 28.6 Å². The van der Waals surface area contributed by atoms with Crippen molar-refractivity contribution < 1.29 is 5.11 Å². The van der Waals surface area contributed by atoms with Crippen LogP contribution in [0.25, 0.3) is 10.9 Å². The van der Waals surface area contributed by atoms with Gasteiger partial charge in [-0.3, -0.25) is 0 Å². The minimum Gasteiger partial charge on any atom is -0.506 e. The summed E-state index contributed by atoms with van der Waals surface area (Å²) in [4.78, 5) is 6.67. The quantitative estimate of drug-likeness (QED) is 0.877. The largest absolute Gasteiger partial charge is 0.506 e. The van der Waals surface area contributed by atoms with E-state index in [-0.39, 0.29) is 5.75 Å². The molecule has 90 valence electrons. The molecule has 17 heavy (non-hydrogen) atoms. The van der Waals surface area contributed by atoms with Gasteiger partial charge in [-0.2, -0.15) is 0 Å². The van der Waals surface area contributed by atoms with Crippen molar-refractivity contribution >= 4 is 10.9 Å². The molecule has 1 aromatic heterocycles. The van der Waals surface area contributed by atoms with Crippen LogP contribution >= 0.6 is 0 Å². The van der Waals surface area contributed by atoms with Crippen LogP contribution in [0.4, 0.5) is 0 Å². The number of pyridine rings is 1. The topological polar surface area (TPSA) is 36.4 Å². The molecule has 0 aliphatic heterocycles. The first kappa shape index (κ1) is 11.9. The number of para-hydroxylation sites is 1. The van der Waals surface area contributed by atoms with Gasteiger partial charge >= 0.3 is 0 Å². The SMILES string of the molecule is CCCN(C)Cc1nc2ccccc2cc1O. The average Bonchev–Trinajstić information content (AvgIpc) is 2.30. The Morgan fingerprint density at radius 2 is 2.06 bits per heavy atom. The van der Waals surface area contributed by atoms with Crippen molar-refractivity contribution in [1.82, 2.24) is 9.88 Å². The van der Waals surface area contributed by atoms with Gasteiger partial charge in [-0.05, 0) is 32.1 Å². The third kappa shape index (κ3) is 2.74. The second kappa shape index (κ2) is 5.15. The second-order valence-electron chi connectivity index (χ2n) is 4.38. The Kier molecular flexibility index (Phi) is 3.59. The molecule has 1 N–H and O–H groups in total. The van der Waals surface area contributed by atoms with Crippen LogP contribution in [0.3, 0.4) is 0 Å². The summed E-state index contributed by atoms with van der Waals surface area (Å²) in [6.45, 7) is 3.84. The average molecular weight is 230 g/mol. The number of aromatic nitrogens is 1. The molecule has 0 aliphatic rings. The highest BCUT2D eigenvalue weighted by Gasteiger charge is 2.07. The Morgan fingerprint density at radius 1 is 1.29 bits per heavy atom. The van der Waals surface area contributed by atoms with E-state index in [4.69, 9.17) is 0 Å². The summed E-state index contributed by atoms with van der Waals surface area (Å²) in [5.41, 5.74) is 1.69. The Morgan fingerprint density at radius 3 is 2.82 bits per heavy atom. The monoisotopic (exact) mass is 230 g/mol. The summed E-state index contributed by atoms with van der Waals surface area (Å²) in [6, 6.07) is 9.63. The molecule has 0 aliphatic carbocycles. The lowest BCUT2D eigenvalue weighted by atomic mass is 10.2. The molecule has 2 rings (SSSR count). The summed E-state index contributed by atoms with van der Waals surface area (Å²) in [7, 11) is 2.04. The minimum absolute atomic E-state index is 0.284. The number of rotatable bonds is 4. The molecular weight excluding hydrogens is 212 g/mol. The lowest BCUT2D eigenvalue weighted by molar-refractivity contribution is 0.316. The van der Waals surface area contributed by atoms with Crippen LogP contribution in [-0.2, 0) is 6.54 Å². The van der Waals surface area contributed by atoms with E-state index in [1.165, 1.54) is 0 Å². The van der Waals surface area contributed by atoms with E-state index >= 15 is 0 Å². The number of nitrogens with zero attached hydrogens (tertiary/aromatic N) is 2. The molecule has 0 amide bonds. The lowest BCUT2D eigenvalue weighted by Gasteiger charge is -2.15. The molecule has 0 atom stereocenters. The number of fused-ring (bicyclic) bond motifs is 1. The van der Waals surface area contributed by atoms with Crippen LogP contribution in [0.15, 0.2) is 30.3 Å². The maximum Gasteiger partial charge on any atom is 0.139 e. The van der Waals surface area contributed by atoms with Crippen LogP contribution in [0.2, 0.25) is 0 Å². The van der Waals surface area contributed by atoms with Gasteiger partial charge in [0.05, 0.1) is 11.2 Å². The maximum atomic E-state index is 9.94. The van der Waals surface area contributed by atoms with E-state index in [0.29, 0.717) is 6.54 Å². The van der Waals surface area contributed by atoms with Gasteiger partial charge in [0.15, 0.2) is 0 Å². The molecule has 0 fully saturated rings. The van der Waals surface area contributed by atoms with Crippen LogP contribution in [0.1, 0.15) is 19.0 Å². The molecule has 2 aromatic rings. The molecule has 0 radical (unpaired) electrons. The predicted molar refractivity (Wildman–Crippen MR) is 70.0 cm³/mol. The zero-order chi connectivity index (χ0) is 12.3. The molecule has 1 heterocycles. The van der Waals surface area contributed by atoms with Crippen molar-refractivity contribution in [3.8, 4) is 5.75 Å². The Labute approximate surface area is 102 Å². The number of benzene rings is 1. The van der Waals surface area contributed by atoms with Crippen molar-refractivity contribution in [3.63, 3.8) is 0 Å². The van der Waals surface area contributed by atoms with Gasteiger partial charge < -0.3 is 10.0 Å². The van der Waals surface area contributed by atoms with Crippen molar-refractivity contribution in [2.24, 2.45) is 0 Å². The van der Waals surface area contributed by atoms with Crippen molar-refractivity contribution in [2.75, 3.05) is 13.6 Å². The van der Waals surface area contributed by atoms with E-state index in [1.807, 2.05) is 31.3 Å². The van der Waals surface area contributed by atoms with Gasteiger partial charge in [0, 0.05) is 11.9 Å². The molecule has 1 aromatic carbocycles. The molecule has 0 spiro atoms. The molecule has 3 nitrogen and oxygen atoms in total. The van der Waals surface area contributed by atoms with Crippen LogP contribution in [0, 0.1) is 0 Å².